The number of anilines is 1. The van der Waals surface area contributed by atoms with E-state index in [0.29, 0.717) is 5.92 Å². The van der Waals surface area contributed by atoms with Crippen molar-refractivity contribution < 1.29 is 0 Å². The van der Waals surface area contributed by atoms with E-state index in [9.17, 15) is 0 Å². The molecule has 0 spiro atoms. The molecule has 202 valence electrons. The highest BCUT2D eigenvalue weighted by atomic mass is 15.1. The molecule has 0 heterocycles. The Labute approximate surface area is 236 Å². The lowest BCUT2D eigenvalue weighted by Crippen LogP contribution is -2.57. The van der Waals surface area contributed by atoms with Gasteiger partial charge in [-0.3, -0.25) is 0 Å². The molecule has 1 fully saturated rings. The predicted octanol–water partition coefficient (Wildman–Crippen LogP) is 9.55. The third kappa shape index (κ3) is 4.50. The van der Waals surface area contributed by atoms with Gasteiger partial charge < -0.3 is 4.90 Å². The van der Waals surface area contributed by atoms with Gasteiger partial charge in [-0.25, -0.2) is 0 Å². The van der Waals surface area contributed by atoms with Crippen molar-refractivity contribution in [3.05, 3.63) is 138 Å². The van der Waals surface area contributed by atoms with E-state index < -0.39 is 0 Å². The van der Waals surface area contributed by atoms with E-state index in [1.54, 1.807) is 0 Å². The summed E-state index contributed by atoms with van der Waals surface area (Å²) >= 11 is 0. The van der Waals surface area contributed by atoms with Crippen molar-refractivity contribution >= 4 is 5.69 Å². The quantitative estimate of drug-likeness (QED) is 0.226. The molecule has 0 N–H and O–H groups in total. The molecule has 0 amide bonds. The fourth-order valence-electron chi connectivity index (χ4n) is 7.76. The summed E-state index contributed by atoms with van der Waals surface area (Å²) in [5.41, 5.74) is 6.91. The molecular formula is C38H45N. The highest BCUT2D eigenvalue weighted by molar-refractivity contribution is 5.53. The summed E-state index contributed by atoms with van der Waals surface area (Å²) in [5, 5.41) is 0. The van der Waals surface area contributed by atoms with Crippen LogP contribution in [0.15, 0.2) is 115 Å². The summed E-state index contributed by atoms with van der Waals surface area (Å²) in [6.45, 7) is 14.0. The van der Waals surface area contributed by atoms with E-state index in [2.05, 4.69) is 155 Å². The Hall–Kier alpha value is -3.32. The molecule has 1 saturated carbocycles. The van der Waals surface area contributed by atoms with Crippen molar-refractivity contribution in [2.24, 2.45) is 5.92 Å². The lowest BCUT2D eigenvalue weighted by Gasteiger charge is -2.60. The van der Waals surface area contributed by atoms with Crippen LogP contribution in [0.25, 0.3) is 0 Å². The fraction of sp³-hybridized carbons (Fsp3) is 0.368. The number of rotatable bonds is 8. The van der Waals surface area contributed by atoms with E-state index >= 15 is 0 Å². The molecule has 4 aromatic carbocycles. The first kappa shape index (κ1) is 27.3. The van der Waals surface area contributed by atoms with Crippen LogP contribution >= 0.6 is 0 Å². The Morgan fingerprint density at radius 2 is 1.05 bits per heavy atom. The molecule has 0 radical (unpaired) electrons. The van der Waals surface area contributed by atoms with Crippen LogP contribution in [0.2, 0.25) is 0 Å². The average molecular weight is 516 g/mol. The molecule has 5 rings (SSSR count). The van der Waals surface area contributed by atoms with Gasteiger partial charge in [-0.2, -0.15) is 0 Å². The smallest absolute Gasteiger partial charge is 0.0366 e. The van der Waals surface area contributed by atoms with Gasteiger partial charge in [0, 0.05) is 29.6 Å². The van der Waals surface area contributed by atoms with Gasteiger partial charge in [-0.1, -0.05) is 124 Å². The molecule has 2 unspecified atom stereocenters. The van der Waals surface area contributed by atoms with E-state index in [4.69, 9.17) is 0 Å². The normalized spacial score (nSPS) is 22.5. The second-order valence-corrected chi connectivity index (χ2v) is 12.0. The maximum Gasteiger partial charge on any atom is 0.0366 e. The second kappa shape index (κ2) is 11.0. The van der Waals surface area contributed by atoms with Gasteiger partial charge >= 0.3 is 0 Å². The summed E-state index contributed by atoms with van der Waals surface area (Å²) in [7, 11) is 0. The molecular weight excluding hydrogens is 470 g/mol. The SMILES string of the molecule is CCN(CC)c1ccc(C2(C(C)C)CCC(C)(c3ccccc3)C(c3ccccc3)(c3ccccc3)C2)cc1. The number of hydrogen-bond acceptors (Lipinski definition) is 1. The van der Waals surface area contributed by atoms with Crippen molar-refractivity contribution in [1.29, 1.82) is 0 Å². The third-order valence-electron chi connectivity index (χ3n) is 10.2. The lowest BCUT2D eigenvalue weighted by atomic mass is 9.42. The Morgan fingerprint density at radius 3 is 1.49 bits per heavy atom. The van der Waals surface area contributed by atoms with Gasteiger partial charge in [0.15, 0.2) is 0 Å². The zero-order chi connectivity index (χ0) is 27.5. The molecule has 1 aliphatic carbocycles. The van der Waals surface area contributed by atoms with Crippen LogP contribution in [0.3, 0.4) is 0 Å². The summed E-state index contributed by atoms with van der Waals surface area (Å²) in [6, 6.07) is 43.7. The Bertz CT molecular complexity index is 1280. The number of hydrogen-bond donors (Lipinski definition) is 0. The first-order valence-electron chi connectivity index (χ1n) is 14.9. The summed E-state index contributed by atoms with van der Waals surface area (Å²) in [6.07, 6.45) is 3.36. The predicted molar refractivity (Wildman–Crippen MR) is 168 cm³/mol. The van der Waals surface area contributed by atoms with Gasteiger partial charge in [0.25, 0.3) is 0 Å². The van der Waals surface area contributed by atoms with Crippen LogP contribution < -0.4 is 4.90 Å². The van der Waals surface area contributed by atoms with Crippen molar-refractivity contribution in [2.45, 2.75) is 70.1 Å². The monoisotopic (exact) mass is 515 g/mol. The lowest BCUT2D eigenvalue weighted by molar-refractivity contribution is 0.0856. The van der Waals surface area contributed by atoms with Crippen LogP contribution in [0.4, 0.5) is 5.69 Å². The molecule has 1 heteroatoms. The summed E-state index contributed by atoms with van der Waals surface area (Å²) < 4.78 is 0. The molecule has 1 aliphatic rings. The van der Waals surface area contributed by atoms with Crippen molar-refractivity contribution in [2.75, 3.05) is 18.0 Å². The molecule has 0 aliphatic heterocycles. The summed E-state index contributed by atoms with van der Waals surface area (Å²) in [5.74, 6) is 0.504. The third-order valence-corrected chi connectivity index (χ3v) is 10.2. The Kier molecular flexibility index (Phi) is 7.72. The minimum absolute atomic E-state index is 0.0573. The van der Waals surface area contributed by atoms with Crippen molar-refractivity contribution in [1.82, 2.24) is 0 Å². The van der Waals surface area contributed by atoms with Crippen LogP contribution in [0.5, 0.6) is 0 Å². The minimum atomic E-state index is -0.184. The van der Waals surface area contributed by atoms with E-state index in [1.165, 1.54) is 34.4 Å². The van der Waals surface area contributed by atoms with Gasteiger partial charge in [0.2, 0.25) is 0 Å². The zero-order valence-electron chi connectivity index (χ0n) is 24.5. The molecule has 2 atom stereocenters. The molecule has 1 nitrogen and oxygen atoms in total. The number of nitrogens with zero attached hydrogens (tertiary/aromatic N) is 1. The van der Waals surface area contributed by atoms with Gasteiger partial charge in [-0.15, -0.1) is 0 Å². The molecule has 0 saturated heterocycles. The maximum absolute atomic E-state index is 2.54. The average Bonchev–Trinajstić information content (AvgIpc) is 3.00. The first-order valence-corrected chi connectivity index (χ1v) is 14.9. The first-order chi connectivity index (χ1) is 18.9. The summed E-state index contributed by atoms with van der Waals surface area (Å²) in [4.78, 5) is 2.44. The minimum Gasteiger partial charge on any atom is -0.372 e. The van der Waals surface area contributed by atoms with Crippen LogP contribution in [0.1, 0.15) is 76.1 Å². The van der Waals surface area contributed by atoms with Crippen LogP contribution in [0, 0.1) is 5.92 Å². The Balaban J connectivity index is 1.76. The van der Waals surface area contributed by atoms with Crippen LogP contribution in [-0.2, 0) is 16.2 Å². The van der Waals surface area contributed by atoms with Crippen LogP contribution in [-0.4, -0.2) is 13.1 Å². The largest absolute Gasteiger partial charge is 0.372 e. The standard InChI is InChI=1S/C38H45N/c1-6-39(7-2)35-25-23-32(24-26-35)37(30(3)4)28-27-36(5,31-17-11-8-12-18-31)38(29-37,33-19-13-9-14-20-33)34-21-15-10-16-22-34/h8-26,30H,6-7,27-29H2,1-5H3. The van der Waals surface area contributed by atoms with Gasteiger partial charge in [0.05, 0.1) is 0 Å². The maximum atomic E-state index is 2.54. The van der Waals surface area contributed by atoms with E-state index in [0.717, 1.165) is 25.9 Å². The Morgan fingerprint density at radius 1 is 0.590 bits per heavy atom. The van der Waals surface area contributed by atoms with E-state index in [1.807, 2.05) is 0 Å². The van der Waals surface area contributed by atoms with Gasteiger partial charge in [0.1, 0.15) is 0 Å². The zero-order valence-corrected chi connectivity index (χ0v) is 24.5. The van der Waals surface area contributed by atoms with Gasteiger partial charge in [-0.05, 0) is 78.8 Å². The van der Waals surface area contributed by atoms with Crippen molar-refractivity contribution in [3.63, 3.8) is 0 Å². The number of benzene rings is 4. The van der Waals surface area contributed by atoms with Crippen molar-refractivity contribution in [3.8, 4) is 0 Å². The topological polar surface area (TPSA) is 3.24 Å². The molecule has 0 bridgehead atoms. The highest BCUT2D eigenvalue weighted by Gasteiger charge is 2.59. The molecule has 0 aromatic heterocycles. The van der Waals surface area contributed by atoms with E-state index in [-0.39, 0.29) is 16.2 Å². The molecule has 4 aromatic rings. The fourth-order valence-corrected chi connectivity index (χ4v) is 7.76. The molecule has 39 heavy (non-hydrogen) atoms. The second-order valence-electron chi connectivity index (χ2n) is 12.0. The highest BCUT2D eigenvalue weighted by Crippen LogP contribution is 2.63.